The largest absolute Gasteiger partial charge is 0.355 e. The highest BCUT2D eigenvalue weighted by Crippen LogP contribution is 2.44. The number of aryl methyl sites for hydroxylation is 1. The van der Waals surface area contributed by atoms with E-state index in [1.807, 2.05) is 17.6 Å². The molecule has 0 saturated carbocycles. The highest BCUT2D eigenvalue weighted by Gasteiger charge is 2.40. The molecule has 0 aliphatic carbocycles. The molecule has 5 heterocycles. The van der Waals surface area contributed by atoms with E-state index in [0.717, 1.165) is 37.4 Å². The Hall–Kier alpha value is -3.36. The van der Waals surface area contributed by atoms with Crippen LogP contribution in [-0.2, 0) is 12.0 Å². The number of benzene rings is 1. The molecule has 2 aromatic heterocycles. The van der Waals surface area contributed by atoms with Crippen LogP contribution in [-0.4, -0.2) is 68.9 Å². The molecule has 0 N–H and O–H groups in total. The lowest BCUT2D eigenvalue weighted by atomic mass is 9.74. The third-order valence-electron chi connectivity index (χ3n) is 7.28. The molecular weight excluding hydrogens is 421 g/mol. The summed E-state index contributed by atoms with van der Waals surface area (Å²) >= 11 is 0. The lowest BCUT2D eigenvalue weighted by molar-refractivity contribution is 0.0766. The fourth-order valence-corrected chi connectivity index (χ4v) is 5.45. The van der Waals surface area contributed by atoms with E-state index < -0.39 is 6.17 Å². The number of fused-ring (bicyclic) bond motifs is 3. The summed E-state index contributed by atoms with van der Waals surface area (Å²) in [6.07, 6.45) is 4.94. The topological polar surface area (TPSA) is 79.5 Å². The Morgan fingerprint density at radius 2 is 2.00 bits per heavy atom. The van der Waals surface area contributed by atoms with Crippen molar-refractivity contribution in [3.63, 3.8) is 0 Å². The Bertz CT molecular complexity index is 1260. The van der Waals surface area contributed by atoms with E-state index in [9.17, 15) is 9.18 Å². The quantitative estimate of drug-likeness (QED) is 0.616. The first-order chi connectivity index (χ1) is 16.1. The maximum atomic E-state index is 13.7. The summed E-state index contributed by atoms with van der Waals surface area (Å²) in [5, 5.41) is 0. The second kappa shape index (κ2) is 7.60. The zero-order chi connectivity index (χ0) is 22.6. The minimum atomic E-state index is -0.964. The number of para-hydroxylation sites is 1. The van der Waals surface area contributed by atoms with Gasteiger partial charge in [0.2, 0.25) is 5.82 Å². The number of rotatable bonds is 3. The standard InChI is InChI=1S/C24H26FN7O/c1-2-32-21-19(29-22(32)23(33)31-10-7-16(25)13-31)20(27-15-28-21)30-11-8-24(9-12-30)14-26-18-6-4-3-5-17(18)24/h3-6,14-16H,2,7-13H2,1H3/t16-/m1/s1. The van der Waals surface area contributed by atoms with Gasteiger partial charge in [0, 0.05) is 37.8 Å². The maximum absolute atomic E-state index is 13.7. The van der Waals surface area contributed by atoms with Crippen LogP contribution in [0, 0.1) is 0 Å². The van der Waals surface area contributed by atoms with E-state index in [4.69, 9.17) is 4.98 Å². The molecule has 170 valence electrons. The Morgan fingerprint density at radius 1 is 1.18 bits per heavy atom. The summed E-state index contributed by atoms with van der Waals surface area (Å²) in [7, 11) is 0. The fourth-order valence-electron chi connectivity index (χ4n) is 5.45. The monoisotopic (exact) mass is 447 g/mol. The van der Waals surface area contributed by atoms with E-state index in [1.165, 1.54) is 5.56 Å². The number of carbonyl (C=O) groups excluding carboxylic acids is 1. The van der Waals surface area contributed by atoms with Gasteiger partial charge in [-0.3, -0.25) is 9.79 Å². The Morgan fingerprint density at radius 3 is 2.76 bits per heavy atom. The van der Waals surface area contributed by atoms with Crippen molar-refractivity contribution >= 4 is 34.8 Å². The normalized spacial score (nSPS) is 21.3. The molecule has 0 radical (unpaired) electrons. The maximum Gasteiger partial charge on any atom is 0.290 e. The van der Waals surface area contributed by atoms with Crippen LogP contribution in [0.5, 0.6) is 0 Å². The fraction of sp³-hybridized carbons (Fsp3) is 0.458. The number of aromatic nitrogens is 4. The van der Waals surface area contributed by atoms with Gasteiger partial charge < -0.3 is 14.4 Å². The van der Waals surface area contributed by atoms with Crippen molar-refractivity contribution in [2.45, 2.75) is 44.3 Å². The number of halogens is 1. The van der Waals surface area contributed by atoms with Gasteiger partial charge in [-0.05, 0) is 37.8 Å². The number of hydrogen-bond donors (Lipinski definition) is 0. The Labute approximate surface area is 191 Å². The van der Waals surface area contributed by atoms with E-state index in [2.05, 4.69) is 44.3 Å². The number of piperidine rings is 1. The highest BCUT2D eigenvalue weighted by atomic mass is 19.1. The van der Waals surface area contributed by atoms with Crippen molar-refractivity contribution in [1.29, 1.82) is 0 Å². The van der Waals surface area contributed by atoms with Crippen LogP contribution in [0.25, 0.3) is 11.2 Å². The van der Waals surface area contributed by atoms with E-state index >= 15 is 0 Å². The van der Waals surface area contributed by atoms with Gasteiger partial charge in [-0.25, -0.2) is 19.3 Å². The first-order valence-corrected chi connectivity index (χ1v) is 11.6. The lowest BCUT2D eigenvalue weighted by Gasteiger charge is -2.38. The van der Waals surface area contributed by atoms with Gasteiger partial charge in [-0.1, -0.05) is 18.2 Å². The molecule has 33 heavy (non-hydrogen) atoms. The van der Waals surface area contributed by atoms with Gasteiger partial charge in [0.15, 0.2) is 17.0 Å². The molecule has 6 rings (SSSR count). The Kier molecular flexibility index (Phi) is 4.67. The molecular formula is C24H26FN7O. The van der Waals surface area contributed by atoms with Gasteiger partial charge in [0.25, 0.3) is 5.91 Å². The molecule has 2 fully saturated rings. The minimum Gasteiger partial charge on any atom is -0.355 e. The third kappa shape index (κ3) is 3.13. The molecule has 3 aliphatic rings. The number of alkyl halides is 1. The summed E-state index contributed by atoms with van der Waals surface area (Å²) in [5.41, 5.74) is 3.63. The molecule has 3 aliphatic heterocycles. The van der Waals surface area contributed by atoms with Gasteiger partial charge in [-0.15, -0.1) is 0 Å². The summed E-state index contributed by atoms with van der Waals surface area (Å²) in [6.45, 7) is 4.68. The second-order valence-corrected chi connectivity index (χ2v) is 9.10. The number of likely N-dealkylation sites (tertiary alicyclic amines) is 1. The van der Waals surface area contributed by atoms with E-state index in [0.29, 0.717) is 36.5 Å². The molecule has 1 spiro atoms. The summed E-state index contributed by atoms with van der Waals surface area (Å²) in [6, 6.07) is 8.36. The van der Waals surface area contributed by atoms with Gasteiger partial charge in [0.05, 0.1) is 12.2 Å². The Balaban J connectivity index is 1.31. The van der Waals surface area contributed by atoms with Gasteiger partial charge in [-0.2, -0.15) is 0 Å². The van der Waals surface area contributed by atoms with Gasteiger partial charge in [0.1, 0.15) is 12.5 Å². The number of nitrogens with zero attached hydrogens (tertiary/aromatic N) is 7. The summed E-state index contributed by atoms with van der Waals surface area (Å²) in [4.78, 5) is 35.3. The predicted octanol–water partition coefficient (Wildman–Crippen LogP) is 3.28. The third-order valence-corrected chi connectivity index (χ3v) is 7.28. The predicted molar refractivity (Wildman–Crippen MR) is 124 cm³/mol. The molecule has 0 bridgehead atoms. The van der Waals surface area contributed by atoms with Crippen LogP contribution in [0.15, 0.2) is 35.6 Å². The van der Waals surface area contributed by atoms with Crippen molar-refractivity contribution in [1.82, 2.24) is 24.4 Å². The zero-order valence-electron chi connectivity index (χ0n) is 18.6. The number of carbonyl (C=O) groups is 1. The minimum absolute atomic E-state index is 0.0260. The van der Waals surface area contributed by atoms with Gasteiger partial charge >= 0.3 is 0 Å². The van der Waals surface area contributed by atoms with Crippen molar-refractivity contribution in [3.8, 4) is 0 Å². The molecule has 3 aromatic rings. The average molecular weight is 448 g/mol. The van der Waals surface area contributed by atoms with Crippen molar-refractivity contribution in [2.24, 2.45) is 4.99 Å². The van der Waals surface area contributed by atoms with Crippen LogP contribution >= 0.6 is 0 Å². The molecule has 1 atom stereocenters. The number of anilines is 1. The highest BCUT2D eigenvalue weighted by molar-refractivity contribution is 5.96. The summed E-state index contributed by atoms with van der Waals surface area (Å²) < 4.78 is 15.5. The molecule has 9 heteroatoms. The van der Waals surface area contributed by atoms with Crippen LogP contribution in [0.2, 0.25) is 0 Å². The second-order valence-electron chi connectivity index (χ2n) is 9.10. The van der Waals surface area contributed by atoms with Crippen LogP contribution in [0.1, 0.15) is 42.4 Å². The van der Waals surface area contributed by atoms with Crippen molar-refractivity contribution in [3.05, 3.63) is 42.0 Å². The number of imidazole rings is 1. The average Bonchev–Trinajstić information content (AvgIpc) is 3.55. The number of hydrogen-bond acceptors (Lipinski definition) is 6. The first kappa shape index (κ1) is 20.3. The number of amides is 1. The SMILES string of the molecule is CCn1c(C(=O)N2CC[C@@H](F)C2)nc2c(N3CCC4(C=Nc5ccccc54)CC3)ncnc21. The van der Waals surface area contributed by atoms with Crippen LogP contribution < -0.4 is 4.90 Å². The van der Waals surface area contributed by atoms with Crippen LogP contribution in [0.4, 0.5) is 15.9 Å². The van der Waals surface area contributed by atoms with Crippen molar-refractivity contribution in [2.75, 3.05) is 31.1 Å². The molecule has 1 amide bonds. The zero-order valence-corrected chi connectivity index (χ0v) is 18.6. The first-order valence-electron chi connectivity index (χ1n) is 11.6. The van der Waals surface area contributed by atoms with Crippen molar-refractivity contribution < 1.29 is 9.18 Å². The summed E-state index contributed by atoms with van der Waals surface area (Å²) in [5.74, 6) is 0.829. The van der Waals surface area contributed by atoms with E-state index in [1.54, 1.807) is 11.2 Å². The van der Waals surface area contributed by atoms with Crippen LogP contribution in [0.3, 0.4) is 0 Å². The molecule has 1 aromatic carbocycles. The lowest BCUT2D eigenvalue weighted by Crippen LogP contribution is -2.43. The molecule has 0 unspecified atom stereocenters. The smallest absolute Gasteiger partial charge is 0.290 e. The van der Waals surface area contributed by atoms with E-state index in [-0.39, 0.29) is 17.9 Å². The molecule has 8 nitrogen and oxygen atoms in total. The number of aliphatic imine (C=N–C) groups is 1. The molecule has 2 saturated heterocycles.